The number of rotatable bonds is 6. The zero-order valence-electron chi connectivity index (χ0n) is 31.0. The molecular weight excluding hydrogens is 663 g/mol. The molecule has 0 atom stereocenters. The van der Waals surface area contributed by atoms with Crippen LogP contribution in [0.2, 0.25) is 0 Å². The Bertz CT molecular complexity index is 2950. The third-order valence-electron chi connectivity index (χ3n) is 11.3. The van der Waals surface area contributed by atoms with Crippen LogP contribution in [0.5, 0.6) is 0 Å². The van der Waals surface area contributed by atoms with Crippen molar-refractivity contribution in [1.29, 1.82) is 0 Å². The van der Waals surface area contributed by atoms with E-state index in [1.165, 1.54) is 105 Å². The van der Waals surface area contributed by atoms with Crippen molar-refractivity contribution < 1.29 is 0 Å². The van der Waals surface area contributed by atoms with E-state index in [9.17, 15) is 0 Å². The van der Waals surface area contributed by atoms with Gasteiger partial charge in [-0.1, -0.05) is 194 Å². The lowest BCUT2D eigenvalue weighted by atomic mass is 9.83. The summed E-state index contributed by atoms with van der Waals surface area (Å²) in [5.74, 6) is 0. The van der Waals surface area contributed by atoms with E-state index in [4.69, 9.17) is 0 Å². The highest BCUT2D eigenvalue weighted by Gasteiger charge is 2.22. The van der Waals surface area contributed by atoms with E-state index in [1.807, 2.05) is 0 Å². The van der Waals surface area contributed by atoms with E-state index in [-0.39, 0.29) is 0 Å². The Morgan fingerprint density at radius 3 is 1.40 bits per heavy atom. The quantitative estimate of drug-likeness (QED) is 0.152. The summed E-state index contributed by atoms with van der Waals surface area (Å²) in [6.07, 6.45) is 0. The molecule has 10 rings (SSSR count). The summed E-state index contributed by atoms with van der Waals surface area (Å²) in [4.78, 5) is 0. The molecule has 0 fully saturated rings. The molecule has 55 heavy (non-hydrogen) atoms. The van der Waals surface area contributed by atoms with Crippen LogP contribution < -0.4 is 0 Å². The van der Waals surface area contributed by atoms with E-state index in [1.54, 1.807) is 0 Å². The van der Waals surface area contributed by atoms with Crippen LogP contribution in [0.15, 0.2) is 200 Å². The van der Waals surface area contributed by atoms with Gasteiger partial charge in [0.05, 0.1) is 5.69 Å². The Morgan fingerprint density at radius 1 is 0.309 bits per heavy atom. The summed E-state index contributed by atoms with van der Waals surface area (Å²) in [5, 5.41) is 6.25. The van der Waals surface area contributed by atoms with Crippen LogP contribution in [0.4, 0.5) is 0 Å². The first-order chi connectivity index (χ1) is 27.1. The topological polar surface area (TPSA) is 4.93 Å². The third kappa shape index (κ3) is 5.56. The number of aryl methyl sites for hydroxylation is 2. The number of hydrogen-bond acceptors (Lipinski definition) is 0. The van der Waals surface area contributed by atoms with Crippen molar-refractivity contribution in [3.05, 3.63) is 206 Å². The van der Waals surface area contributed by atoms with Crippen LogP contribution in [0.1, 0.15) is 5.56 Å². The Balaban J connectivity index is 1.24. The molecule has 0 aliphatic rings. The molecule has 1 heteroatoms. The molecule has 0 amide bonds. The Hall–Kier alpha value is -6.96. The summed E-state index contributed by atoms with van der Waals surface area (Å²) in [7, 11) is 2.22. The summed E-state index contributed by atoms with van der Waals surface area (Å²) < 4.78 is 2.39. The Morgan fingerprint density at radius 2 is 0.800 bits per heavy atom. The molecule has 0 aliphatic carbocycles. The fourth-order valence-electron chi connectivity index (χ4n) is 8.70. The molecule has 0 aliphatic heterocycles. The van der Waals surface area contributed by atoms with Gasteiger partial charge in [-0.15, -0.1) is 0 Å². The molecule has 1 aromatic heterocycles. The van der Waals surface area contributed by atoms with Crippen LogP contribution in [0.3, 0.4) is 0 Å². The molecule has 0 saturated heterocycles. The Labute approximate surface area is 322 Å². The summed E-state index contributed by atoms with van der Waals surface area (Å²) in [6.45, 7) is 2.15. The molecule has 0 spiro atoms. The molecule has 9 aromatic carbocycles. The number of nitrogens with zero attached hydrogens (tertiary/aromatic N) is 1. The molecule has 260 valence electrons. The summed E-state index contributed by atoms with van der Waals surface area (Å²) in [6, 6.07) is 73.4. The minimum atomic E-state index is 1.21. The van der Waals surface area contributed by atoms with Crippen LogP contribution in [-0.4, -0.2) is 4.57 Å². The lowest BCUT2D eigenvalue weighted by Crippen LogP contribution is -1.94. The highest BCUT2D eigenvalue weighted by Crippen LogP contribution is 2.48. The molecule has 0 bridgehead atoms. The number of aromatic nitrogens is 1. The molecule has 0 unspecified atom stereocenters. The van der Waals surface area contributed by atoms with Gasteiger partial charge in [0, 0.05) is 23.5 Å². The van der Waals surface area contributed by atoms with Crippen LogP contribution in [0, 0.1) is 6.92 Å². The molecule has 0 N–H and O–H groups in total. The molecular formula is C54H39N. The van der Waals surface area contributed by atoms with Gasteiger partial charge in [-0.25, -0.2) is 0 Å². The van der Waals surface area contributed by atoms with E-state index in [0.717, 1.165) is 0 Å². The average molecular weight is 702 g/mol. The van der Waals surface area contributed by atoms with Crippen LogP contribution in [-0.2, 0) is 7.05 Å². The van der Waals surface area contributed by atoms with Gasteiger partial charge in [-0.2, -0.15) is 0 Å². The monoisotopic (exact) mass is 701 g/mol. The normalized spacial score (nSPS) is 11.5. The zero-order chi connectivity index (χ0) is 36.9. The van der Waals surface area contributed by atoms with E-state index in [2.05, 4.69) is 219 Å². The zero-order valence-corrected chi connectivity index (χ0v) is 31.0. The first-order valence-electron chi connectivity index (χ1n) is 19.1. The van der Waals surface area contributed by atoms with Crippen molar-refractivity contribution in [3.8, 4) is 66.9 Å². The predicted molar refractivity (Wildman–Crippen MR) is 235 cm³/mol. The minimum Gasteiger partial charge on any atom is -0.343 e. The van der Waals surface area contributed by atoms with Crippen LogP contribution in [0.25, 0.3) is 99.3 Å². The lowest BCUT2D eigenvalue weighted by molar-refractivity contribution is 0.979. The van der Waals surface area contributed by atoms with Crippen molar-refractivity contribution in [2.24, 2.45) is 7.05 Å². The first kappa shape index (κ1) is 32.7. The maximum Gasteiger partial charge on any atom is 0.0568 e. The van der Waals surface area contributed by atoms with E-state index >= 15 is 0 Å². The van der Waals surface area contributed by atoms with Gasteiger partial charge >= 0.3 is 0 Å². The van der Waals surface area contributed by atoms with Crippen molar-refractivity contribution in [2.75, 3.05) is 0 Å². The highest BCUT2D eigenvalue weighted by atomic mass is 15.0. The van der Waals surface area contributed by atoms with Crippen molar-refractivity contribution in [1.82, 2.24) is 4.57 Å². The maximum absolute atomic E-state index is 2.41. The van der Waals surface area contributed by atoms with Gasteiger partial charge in [-0.3, -0.25) is 0 Å². The van der Waals surface area contributed by atoms with E-state index < -0.39 is 0 Å². The second-order valence-corrected chi connectivity index (χ2v) is 14.6. The third-order valence-corrected chi connectivity index (χ3v) is 11.3. The second-order valence-electron chi connectivity index (χ2n) is 14.6. The minimum absolute atomic E-state index is 1.21. The summed E-state index contributed by atoms with van der Waals surface area (Å²) >= 11 is 0. The predicted octanol–water partition coefficient (Wildman–Crippen LogP) is 14.8. The average Bonchev–Trinajstić information content (AvgIpc) is 3.54. The molecule has 10 aromatic rings. The van der Waals surface area contributed by atoms with Gasteiger partial charge in [0.15, 0.2) is 0 Å². The van der Waals surface area contributed by atoms with Crippen molar-refractivity contribution in [3.63, 3.8) is 0 Å². The Kier molecular flexibility index (Phi) is 8.00. The molecule has 1 nitrogen and oxygen atoms in total. The fraction of sp³-hybridized carbons (Fsp3) is 0.0370. The van der Waals surface area contributed by atoms with Gasteiger partial charge < -0.3 is 4.57 Å². The van der Waals surface area contributed by atoms with Gasteiger partial charge in [0.1, 0.15) is 0 Å². The van der Waals surface area contributed by atoms with Crippen molar-refractivity contribution >= 4 is 32.4 Å². The number of hydrogen-bond donors (Lipinski definition) is 0. The highest BCUT2D eigenvalue weighted by molar-refractivity contribution is 6.23. The van der Waals surface area contributed by atoms with Gasteiger partial charge in [0.25, 0.3) is 0 Å². The number of fused-ring (bicyclic) bond motifs is 3. The first-order valence-corrected chi connectivity index (χ1v) is 19.1. The molecule has 1 heterocycles. The van der Waals surface area contributed by atoms with Crippen molar-refractivity contribution in [2.45, 2.75) is 6.92 Å². The fourth-order valence-corrected chi connectivity index (χ4v) is 8.70. The molecule has 0 radical (unpaired) electrons. The standard InChI is InChI=1S/C54H39N/c1-36-26-28-39(29-27-36)52-48-33-31-42(35-50(48)55(2)54(52)40-20-10-5-11-21-40)51-43-22-12-14-24-45(43)53(46-25-15-13-23-44(46)51)47-32-30-41(37-16-6-3-7-17-37)34-49(47)38-18-8-4-9-19-38/h3-35H,1-2H3. The summed E-state index contributed by atoms with van der Waals surface area (Å²) in [5.41, 5.74) is 17.3. The SMILES string of the molecule is Cc1ccc(-c2c(-c3ccccc3)n(C)c3cc(-c4c5ccccc5c(-c5ccc(-c6ccccc6)cc5-c5ccccc5)c5ccccc45)ccc23)cc1. The smallest absolute Gasteiger partial charge is 0.0568 e. The van der Waals surface area contributed by atoms with Gasteiger partial charge in [-0.05, 0) is 96.2 Å². The molecule has 0 saturated carbocycles. The van der Waals surface area contributed by atoms with Crippen LogP contribution >= 0.6 is 0 Å². The largest absolute Gasteiger partial charge is 0.343 e. The second kappa shape index (κ2) is 13.5. The van der Waals surface area contributed by atoms with Gasteiger partial charge in [0.2, 0.25) is 0 Å². The number of benzene rings is 9. The maximum atomic E-state index is 2.41. The van der Waals surface area contributed by atoms with E-state index in [0.29, 0.717) is 0 Å². The lowest BCUT2D eigenvalue weighted by Gasteiger charge is -2.20.